The van der Waals surface area contributed by atoms with E-state index in [2.05, 4.69) is 18.8 Å². The minimum absolute atomic E-state index is 0. The zero-order valence-corrected chi connectivity index (χ0v) is 19.9. The summed E-state index contributed by atoms with van der Waals surface area (Å²) in [5.74, 6) is -2.31. The van der Waals surface area contributed by atoms with Gasteiger partial charge >= 0.3 is 56.4 Å². The maximum absolute atomic E-state index is 10.1. The average molecular weight is 757 g/mol. The van der Waals surface area contributed by atoms with E-state index in [0.29, 0.717) is 0 Å². The predicted octanol–water partition coefficient (Wildman–Crippen LogP) is 1.09. The van der Waals surface area contributed by atoms with Crippen molar-refractivity contribution < 1.29 is 76.2 Å². The molecular weight excluding hydrogens is 737 g/mol. The monoisotopic (exact) mass is 756 g/mol. The minimum atomic E-state index is -1.20. The fourth-order valence-electron chi connectivity index (χ4n) is 0.595. The molecular formula is C10H20Cl2N2O4Pt2S2+2. The van der Waals surface area contributed by atoms with Crippen LogP contribution in [0.25, 0.3) is 11.5 Å². The molecule has 0 spiro atoms. The summed E-state index contributed by atoms with van der Waals surface area (Å²) >= 11 is 9.18. The van der Waals surface area contributed by atoms with E-state index in [1.807, 2.05) is 0 Å². The molecule has 0 aromatic heterocycles. The molecule has 0 aliphatic heterocycles. The quantitative estimate of drug-likeness (QED) is 0.415. The van der Waals surface area contributed by atoms with Gasteiger partial charge < -0.3 is 46.9 Å². The van der Waals surface area contributed by atoms with Gasteiger partial charge in [-0.15, -0.1) is 0 Å². The van der Waals surface area contributed by atoms with E-state index < -0.39 is 33.5 Å². The first-order valence-electron chi connectivity index (χ1n) is 5.25. The molecule has 22 heavy (non-hydrogen) atoms. The Labute approximate surface area is 172 Å². The van der Waals surface area contributed by atoms with Crippen LogP contribution in [-0.4, -0.2) is 43.7 Å². The first-order valence-corrected chi connectivity index (χ1v) is 12.2. The summed E-state index contributed by atoms with van der Waals surface area (Å²) in [5.41, 5.74) is 13.9. The van der Waals surface area contributed by atoms with Gasteiger partial charge in [-0.2, -0.15) is 9.49 Å². The molecule has 0 aliphatic rings. The molecule has 0 aliphatic carbocycles. The second kappa shape index (κ2) is 14.8. The number of carboxylic acids is 2. The Balaban J connectivity index is -0.000000120. The average Bonchev–Trinajstić information content (AvgIpc) is 2.26. The SMILES string of the molecule is CC(C)([S-])C([NH-])C(=O)O.CC(C)([S-])C([NH-])C(=O)O.[ClH+][Pt+2][ClH+].[Pt+2]. The summed E-state index contributed by atoms with van der Waals surface area (Å²) in [5, 5.41) is 16.5. The molecule has 0 fully saturated rings. The molecule has 0 bridgehead atoms. The van der Waals surface area contributed by atoms with Gasteiger partial charge in [0.25, 0.3) is 11.9 Å². The predicted molar refractivity (Wildman–Crippen MR) is 77.2 cm³/mol. The molecule has 4 N–H and O–H groups in total. The van der Waals surface area contributed by atoms with Crippen LogP contribution in [0.15, 0.2) is 0 Å². The van der Waals surface area contributed by atoms with Gasteiger partial charge in [0.1, 0.15) is 0 Å². The number of nitrogens with one attached hydrogen (secondary N) is 2. The van der Waals surface area contributed by atoms with Crippen LogP contribution in [0, 0.1) is 18.8 Å². The Morgan fingerprint density at radius 3 is 1.09 bits per heavy atom. The zero-order chi connectivity index (χ0) is 18.0. The third kappa shape index (κ3) is 19.6. The maximum Gasteiger partial charge on any atom is 2.00 e. The summed E-state index contributed by atoms with van der Waals surface area (Å²) in [7, 11) is 8.64. The van der Waals surface area contributed by atoms with Gasteiger partial charge in [0.2, 0.25) is 0 Å². The minimum Gasteiger partial charge on any atom is 2.00 e. The van der Waals surface area contributed by atoms with Crippen molar-refractivity contribution in [3.05, 3.63) is 11.5 Å². The molecule has 0 aromatic rings. The van der Waals surface area contributed by atoms with Crippen molar-refractivity contribution in [2.24, 2.45) is 0 Å². The molecule has 2 atom stereocenters. The molecule has 12 heteroatoms. The molecule has 2 unspecified atom stereocenters. The summed E-state index contributed by atoms with van der Waals surface area (Å²) in [4.78, 5) is 20.2. The number of hydrogen-bond donors (Lipinski definition) is 2. The molecule has 0 amide bonds. The third-order valence-corrected chi connectivity index (χ3v) is 2.36. The normalized spacial score (nSPS) is 13.4. The van der Waals surface area contributed by atoms with Crippen LogP contribution in [0.2, 0.25) is 0 Å². The van der Waals surface area contributed by atoms with Gasteiger partial charge in [-0.05, 0) is 0 Å². The third-order valence-electron chi connectivity index (χ3n) is 1.88. The molecule has 0 heterocycles. The van der Waals surface area contributed by atoms with E-state index in [4.69, 9.17) is 46.9 Å². The van der Waals surface area contributed by atoms with Crippen molar-refractivity contribution in [3.8, 4) is 0 Å². The van der Waals surface area contributed by atoms with Crippen LogP contribution in [0.3, 0.4) is 0 Å². The van der Waals surface area contributed by atoms with Crippen molar-refractivity contribution in [2.45, 2.75) is 49.3 Å². The number of rotatable bonds is 4. The fraction of sp³-hybridized carbons (Fsp3) is 0.800. The van der Waals surface area contributed by atoms with Crippen molar-refractivity contribution in [3.63, 3.8) is 0 Å². The summed E-state index contributed by atoms with van der Waals surface area (Å²) in [6.07, 6.45) is 0. The zero-order valence-electron chi connectivity index (χ0n) is 12.1. The molecule has 138 valence electrons. The van der Waals surface area contributed by atoms with Crippen LogP contribution < -0.4 is 0 Å². The van der Waals surface area contributed by atoms with Crippen molar-refractivity contribution >= 4 is 37.2 Å². The van der Waals surface area contributed by atoms with Gasteiger partial charge in [-0.25, -0.2) is 0 Å². The van der Waals surface area contributed by atoms with Crippen LogP contribution in [0.4, 0.5) is 0 Å². The van der Waals surface area contributed by atoms with E-state index in [1.54, 1.807) is 27.7 Å². The van der Waals surface area contributed by atoms with Gasteiger partial charge in [-0.3, -0.25) is 9.59 Å². The second-order valence-corrected chi connectivity index (χ2v) is 10.7. The number of carbonyl (C=O) groups is 2. The number of carboxylic acid groups (broad SMARTS) is 2. The van der Waals surface area contributed by atoms with E-state index in [-0.39, 0.29) is 37.5 Å². The summed E-state index contributed by atoms with van der Waals surface area (Å²) in [6, 6.07) is -2.40. The van der Waals surface area contributed by atoms with E-state index >= 15 is 0 Å². The smallest absolute Gasteiger partial charge is 2.00 e. The van der Waals surface area contributed by atoms with Crippen molar-refractivity contribution in [1.29, 1.82) is 0 Å². The van der Waals surface area contributed by atoms with Crippen LogP contribution in [-0.2, 0) is 72.4 Å². The van der Waals surface area contributed by atoms with Gasteiger partial charge in [0, 0.05) is 0 Å². The molecule has 0 saturated heterocycles. The van der Waals surface area contributed by atoms with E-state index in [1.165, 1.54) is 0 Å². The summed E-state index contributed by atoms with van der Waals surface area (Å²) < 4.78 is -1.74. The second-order valence-electron chi connectivity index (χ2n) is 4.80. The molecule has 0 rings (SSSR count). The maximum atomic E-state index is 10.1. The Hall–Kier alpha value is 1.52. The molecule has 0 radical (unpaired) electrons. The van der Waals surface area contributed by atoms with Crippen LogP contribution >= 0.6 is 0 Å². The van der Waals surface area contributed by atoms with Crippen molar-refractivity contribution in [2.75, 3.05) is 0 Å². The first-order chi connectivity index (χ1) is 9.12. The Morgan fingerprint density at radius 1 is 0.955 bits per heavy atom. The first kappa shape index (κ1) is 31.3. The standard InChI is InChI=1S/2C5H10NO2S.2ClH.2Pt/c2*1-5(2,9)3(6)4(7)8;;;;/h2*3,6,9H,1-2H3,(H,7,8);2*1H;;/q2*-1;;;+2;+4/p-2. The van der Waals surface area contributed by atoms with E-state index in [9.17, 15) is 9.59 Å². The Kier molecular flexibility index (Phi) is 21.1. The van der Waals surface area contributed by atoms with Crippen LogP contribution in [0.1, 0.15) is 27.7 Å². The number of halogens is 2. The van der Waals surface area contributed by atoms with E-state index in [0.717, 1.165) is 0 Å². The Morgan fingerprint density at radius 2 is 1.09 bits per heavy atom. The fourth-order valence-corrected chi connectivity index (χ4v) is 0.796. The van der Waals surface area contributed by atoms with Crippen molar-refractivity contribution in [1.82, 2.24) is 0 Å². The number of hydrogen-bond acceptors (Lipinski definition) is 4. The van der Waals surface area contributed by atoms with Gasteiger partial charge in [-0.1, -0.05) is 39.8 Å². The number of aliphatic carboxylic acids is 2. The molecule has 0 aromatic carbocycles. The molecule has 6 nitrogen and oxygen atoms in total. The topological polar surface area (TPSA) is 122 Å². The molecule has 0 saturated carbocycles. The van der Waals surface area contributed by atoms with Gasteiger partial charge in [0.15, 0.2) is 0 Å². The van der Waals surface area contributed by atoms with Gasteiger partial charge in [0.05, 0.1) is 0 Å². The Bertz CT molecular complexity index is 299. The largest absolute Gasteiger partial charge is 2.00 e. The van der Waals surface area contributed by atoms with Crippen LogP contribution in [0.5, 0.6) is 0 Å². The summed E-state index contributed by atoms with van der Waals surface area (Å²) in [6.45, 7) is 6.20.